The molecule has 0 saturated carbocycles. The van der Waals surface area contributed by atoms with E-state index in [1.165, 1.54) is 7.11 Å². The maximum atomic E-state index is 11.7. The van der Waals surface area contributed by atoms with Gasteiger partial charge in [0.2, 0.25) is 0 Å². The number of nitrogens with one attached hydrogen (secondary N) is 1. The number of aryl methyl sites for hydroxylation is 1. The normalized spacial score (nSPS) is 12.8. The van der Waals surface area contributed by atoms with Gasteiger partial charge in [0, 0.05) is 12.7 Å². The van der Waals surface area contributed by atoms with Crippen LogP contribution in [0.25, 0.3) is 5.65 Å². The Morgan fingerprint density at radius 3 is 2.90 bits per heavy atom. The molecule has 20 heavy (non-hydrogen) atoms. The van der Waals surface area contributed by atoms with Crippen LogP contribution in [0.5, 0.6) is 0 Å². The van der Waals surface area contributed by atoms with Crippen LogP contribution < -0.4 is 5.32 Å². The number of carbonyl (C=O) groups excluding carboxylic acids is 1. The van der Waals surface area contributed by atoms with E-state index in [1.807, 2.05) is 49.7 Å². The monoisotopic (exact) mass is 275 g/mol. The summed E-state index contributed by atoms with van der Waals surface area (Å²) in [4.78, 5) is 16.1. The first-order valence-corrected chi connectivity index (χ1v) is 6.77. The Hall–Kier alpha value is -1.88. The van der Waals surface area contributed by atoms with Crippen LogP contribution in [0.2, 0.25) is 0 Å². The molecule has 0 aliphatic rings. The van der Waals surface area contributed by atoms with E-state index in [2.05, 4.69) is 10.3 Å². The van der Waals surface area contributed by atoms with Gasteiger partial charge < -0.3 is 9.14 Å². The average Bonchev–Trinajstić information content (AvgIpc) is 2.83. The fourth-order valence-electron chi connectivity index (χ4n) is 2.27. The Morgan fingerprint density at radius 1 is 1.50 bits per heavy atom. The lowest BCUT2D eigenvalue weighted by molar-refractivity contribution is -0.144. The summed E-state index contributed by atoms with van der Waals surface area (Å²) in [5, 5.41) is 3.25. The molecule has 0 saturated heterocycles. The number of hydrogen-bond donors (Lipinski definition) is 1. The van der Waals surface area contributed by atoms with E-state index in [0.29, 0.717) is 6.54 Å². The molecule has 0 spiro atoms. The van der Waals surface area contributed by atoms with Crippen molar-refractivity contribution < 1.29 is 9.53 Å². The molecule has 1 atom stereocenters. The van der Waals surface area contributed by atoms with Gasteiger partial charge in [-0.05, 0) is 24.5 Å². The standard InChI is InChI=1S/C15H21N3O2/c1-10(2)13(15(19)20-4)16-8-12-9-17-14-11(3)6-5-7-18(12)14/h5-7,9-10,13,16H,8H2,1-4H3/t13-/m0/s1. The van der Waals surface area contributed by atoms with Crippen molar-refractivity contribution in [2.75, 3.05) is 7.11 Å². The smallest absolute Gasteiger partial charge is 0.323 e. The fourth-order valence-corrected chi connectivity index (χ4v) is 2.27. The molecule has 0 amide bonds. The molecular formula is C15H21N3O2. The van der Waals surface area contributed by atoms with Gasteiger partial charge in [0.1, 0.15) is 11.7 Å². The molecule has 5 heteroatoms. The summed E-state index contributed by atoms with van der Waals surface area (Å²) in [7, 11) is 1.41. The van der Waals surface area contributed by atoms with Crippen LogP contribution in [0.3, 0.4) is 0 Å². The van der Waals surface area contributed by atoms with Crippen LogP contribution in [0.15, 0.2) is 24.5 Å². The second kappa shape index (κ2) is 6.05. The third-order valence-electron chi connectivity index (χ3n) is 3.43. The van der Waals surface area contributed by atoms with Gasteiger partial charge in [-0.2, -0.15) is 0 Å². The fraction of sp³-hybridized carbons (Fsp3) is 0.467. The van der Waals surface area contributed by atoms with Crippen molar-refractivity contribution >= 4 is 11.6 Å². The zero-order valence-corrected chi connectivity index (χ0v) is 12.4. The third kappa shape index (κ3) is 2.82. The molecule has 2 rings (SSSR count). The summed E-state index contributed by atoms with van der Waals surface area (Å²) in [5.74, 6) is -0.0617. The number of fused-ring (bicyclic) bond motifs is 1. The lowest BCUT2D eigenvalue weighted by Gasteiger charge is -2.19. The molecule has 0 bridgehead atoms. The van der Waals surface area contributed by atoms with Gasteiger partial charge in [-0.3, -0.25) is 10.1 Å². The highest BCUT2D eigenvalue weighted by atomic mass is 16.5. The van der Waals surface area contributed by atoms with E-state index < -0.39 is 0 Å². The Kier molecular flexibility index (Phi) is 4.39. The van der Waals surface area contributed by atoms with Crippen LogP contribution in [0, 0.1) is 12.8 Å². The van der Waals surface area contributed by atoms with Crippen LogP contribution >= 0.6 is 0 Å². The number of esters is 1. The van der Waals surface area contributed by atoms with Crippen molar-refractivity contribution in [2.45, 2.75) is 33.4 Å². The molecule has 2 heterocycles. The lowest BCUT2D eigenvalue weighted by atomic mass is 10.0. The quantitative estimate of drug-likeness (QED) is 0.847. The highest BCUT2D eigenvalue weighted by molar-refractivity contribution is 5.75. The summed E-state index contributed by atoms with van der Waals surface area (Å²) in [6.07, 6.45) is 3.82. The van der Waals surface area contributed by atoms with Crippen LogP contribution in [0.4, 0.5) is 0 Å². The molecule has 0 fully saturated rings. The Morgan fingerprint density at radius 2 is 2.25 bits per heavy atom. The molecule has 2 aromatic heterocycles. The van der Waals surface area contributed by atoms with Crippen LogP contribution in [-0.4, -0.2) is 28.5 Å². The van der Waals surface area contributed by atoms with E-state index in [1.54, 1.807) is 0 Å². The summed E-state index contributed by atoms with van der Waals surface area (Å²) >= 11 is 0. The molecule has 5 nitrogen and oxygen atoms in total. The van der Waals surface area contributed by atoms with E-state index in [-0.39, 0.29) is 17.9 Å². The van der Waals surface area contributed by atoms with Gasteiger partial charge >= 0.3 is 5.97 Å². The Labute approximate surface area is 119 Å². The molecule has 0 unspecified atom stereocenters. The minimum absolute atomic E-state index is 0.170. The zero-order chi connectivity index (χ0) is 14.7. The first kappa shape index (κ1) is 14.5. The maximum absolute atomic E-state index is 11.7. The van der Waals surface area contributed by atoms with Crippen molar-refractivity contribution in [1.82, 2.24) is 14.7 Å². The van der Waals surface area contributed by atoms with Gasteiger partial charge in [0.25, 0.3) is 0 Å². The van der Waals surface area contributed by atoms with E-state index in [0.717, 1.165) is 16.9 Å². The molecule has 2 aromatic rings. The second-order valence-corrected chi connectivity index (χ2v) is 5.26. The van der Waals surface area contributed by atoms with Gasteiger partial charge in [0.15, 0.2) is 0 Å². The predicted octanol–water partition coefficient (Wildman–Crippen LogP) is 1.93. The van der Waals surface area contributed by atoms with Gasteiger partial charge in [-0.25, -0.2) is 4.98 Å². The Bertz CT molecular complexity index is 604. The van der Waals surface area contributed by atoms with Crippen molar-refractivity contribution in [3.8, 4) is 0 Å². The summed E-state index contributed by atoms with van der Waals surface area (Å²) in [6, 6.07) is 3.72. The highest BCUT2D eigenvalue weighted by Crippen LogP contribution is 2.12. The number of rotatable bonds is 5. The molecule has 0 aromatic carbocycles. The minimum Gasteiger partial charge on any atom is -0.468 e. The first-order valence-electron chi connectivity index (χ1n) is 6.77. The summed E-state index contributed by atoms with van der Waals surface area (Å²) in [5.41, 5.74) is 3.11. The average molecular weight is 275 g/mol. The maximum Gasteiger partial charge on any atom is 0.323 e. The number of pyridine rings is 1. The number of methoxy groups -OCH3 is 1. The molecular weight excluding hydrogens is 254 g/mol. The minimum atomic E-state index is -0.310. The van der Waals surface area contributed by atoms with E-state index >= 15 is 0 Å². The SMILES string of the molecule is COC(=O)[C@@H](NCc1cnc2c(C)cccn12)C(C)C. The number of hydrogen-bond acceptors (Lipinski definition) is 4. The van der Waals surface area contributed by atoms with Gasteiger partial charge in [-0.15, -0.1) is 0 Å². The third-order valence-corrected chi connectivity index (χ3v) is 3.43. The predicted molar refractivity (Wildman–Crippen MR) is 77.4 cm³/mol. The summed E-state index contributed by atoms with van der Waals surface area (Å²) in [6.45, 7) is 6.59. The first-order chi connectivity index (χ1) is 9.54. The molecule has 0 aliphatic heterocycles. The van der Waals surface area contributed by atoms with E-state index in [9.17, 15) is 4.79 Å². The number of carbonyl (C=O) groups is 1. The second-order valence-electron chi connectivity index (χ2n) is 5.26. The highest BCUT2D eigenvalue weighted by Gasteiger charge is 2.22. The Balaban J connectivity index is 2.16. The molecule has 0 aliphatic carbocycles. The lowest BCUT2D eigenvalue weighted by Crippen LogP contribution is -2.41. The number of ether oxygens (including phenoxy) is 1. The topological polar surface area (TPSA) is 55.6 Å². The van der Waals surface area contributed by atoms with Gasteiger partial charge in [0.05, 0.1) is 19.0 Å². The van der Waals surface area contributed by atoms with E-state index in [4.69, 9.17) is 4.74 Å². The van der Waals surface area contributed by atoms with Crippen molar-refractivity contribution in [3.63, 3.8) is 0 Å². The number of aromatic nitrogens is 2. The molecule has 108 valence electrons. The summed E-state index contributed by atoms with van der Waals surface area (Å²) < 4.78 is 6.86. The van der Waals surface area contributed by atoms with Crippen molar-refractivity contribution in [2.24, 2.45) is 5.92 Å². The van der Waals surface area contributed by atoms with Crippen molar-refractivity contribution in [3.05, 3.63) is 35.8 Å². The van der Waals surface area contributed by atoms with Crippen molar-refractivity contribution in [1.29, 1.82) is 0 Å². The number of imidazole rings is 1. The zero-order valence-electron chi connectivity index (χ0n) is 12.4. The number of nitrogens with zero attached hydrogens (tertiary/aromatic N) is 2. The molecule has 1 N–H and O–H groups in total. The largest absolute Gasteiger partial charge is 0.468 e. The van der Waals surface area contributed by atoms with Crippen LogP contribution in [0.1, 0.15) is 25.1 Å². The molecule has 0 radical (unpaired) electrons. The van der Waals surface area contributed by atoms with Gasteiger partial charge in [-0.1, -0.05) is 19.9 Å². The van der Waals surface area contributed by atoms with Crippen LogP contribution in [-0.2, 0) is 16.1 Å².